The highest BCUT2D eigenvalue weighted by molar-refractivity contribution is 8.01. The first-order valence-electron chi connectivity index (χ1n) is 5.54. The Morgan fingerprint density at radius 3 is 2.74 bits per heavy atom. The van der Waals surface area contributed by atoms with Gasteiger partial charge in [0.05, 0.1) is 15.3 Å². The van der Waals surface area contributed by atoms with Gasteiger partial charge in [0.2, 0.25) is 0 Å². The van der Waals surface area contributed by atoms with Crippen LogP contribution in [-0.2, 0) is 9.84 Å². The average Bonchev–Trinajstić information content (AvgIpc) is 2.74. The normalized spacial score (nSPS) is 13.4. The van der Waals surface area contributed by atoms with Gasteiger partial charge >= 0.3 is 0 Å². The van der Waals surface area contributed by atoms with Gasteiger partial charge in [0.15, 0.2) is 15.0 Å². The van der Waals surface area contributed by atoms with Crippen LogP contribution < -0.4 is 5.73 Å². The molecule has 0 saturated heterocycles. The van der Waals surface area contributed by atoms with Gasteiger partial charge in [-0.3, -0.25) is 0 Å². The van der Waals surface area contributed by atoms with Gasteiger partial charge in [0.25, 0.3) is 0 Å². The van der Waals surface area contributed by atoms with E-state index in [0.29, 0.717) is 10.0 Å². The number of nitrogens with two attached hydrogens (primary N) is 1. The molecule has 1 atom stereocenters. The second-order valence-corrected chi connectivity index (χ2v) is 8.84. The summed E-state index contributed by atoms with van der Waals surface area (Å²) < 4.78 is 24.1. The van der Waals surface area contributed by atoms with E-state index >= 15 is 0 Å². The van der Waals surface area contributed by atoms with Crippen molar-refractivity contribution in [3.63, 3.8) is 0 Å². The molecular formula is C12H14N2O2S3. The summed E-state index contributed by atoms with van der Waals surface area (Å²) in [5, 5.41) is 0.682. The first-order chi connectivity index (χ1) is 8.86. The molecule has 19 heavy (non-hydrogen) atoms. The molecule has 0 fully saturated rings. The van der Waals surface area contributed by atoms with E-state index in [2.05, 4.69) is 4.98 Å². The van der Waals surface area contributed by atoms with Crippen LogP contribution >= 0.6 is 23.1 Å². The highest BCUT2D eigenvalue weighted by Gasteiger charge is 2.13. The standard InChI is InChI=1S/C12H14N2O2S3/c1-8(17-11-7-14-12(13)18-11)9-4-3-5-10(6-9)19(2,15)16/h3-8H,1-2H3,(H2,13,14)/t8-/m1/s1. The van der Waals surface area contributed by atoms with E-state index in [1.165, 1.54) is 17.6 Å². The van der Waals surface area contributed by atoms with Crippen LogP contribution in [0.15, 0.2) is 39.6 Å². The summed E-state index contributed by atoms with van der Waals surface area (Å²) >= 11 is 3.05. The van der Waals surface area contributed by atoms with Crippen molar-refractivity contribution in [2.45, 2.75) is 21.3 Å². The molecule has 0 bridgehead atoms. The second kappa shape index (κ2) is 5.52. The van der Waals surface area contributed by atoms with Crippen LogP contribution in [0.1, 0.15) is 17.7 Å². The molecule has 1 aromatic heterocycles. The molecule has 0 aliphatic rings. The Morgan fingerprint density at radius 1 is 1.42 bits per heavy atom. The van der Waals surface area contributed by atoms with Crippen molar-refractivity contribution in [2.75, 3.05) is 12.0 Å². The number of hydrogen-bond acceptors (Lipinski definition) is 6. The van der Waals surface area contributed by atoms with Crippen molar-refractivity contribution >= 4 is 38.1 Å². The van der Waals surface area contributed by atoms with Gasteiger partial charge in [0.1, 0.15) is 0 Å². The summed E-state index contributed by atoms with van der Waals surface area (Å²) in [4.78, 5) is 4.35. The van der Waals surface area contributed by atoms with Gasteiger partial charge in [-0.25, -0.2) is 13.4 Å². The number of nitrogens with zero attached hydrogens (tertiary/aromatic N) is 1. The first kappa shape index (κ1) is 14.4. The molecule has 0 radical (unpaired) electrons. The number of rotatable bonds is 4. The van der Waals surface area contributed by atoms with Gasteiger partial charge in [-0.2, -0.15) is 0 Å². The number of aromatic nitrogens is 1. The predicted molar refractivity (Wildman–Crippen MR) is 80.4 cm³/mol. The Bertz CT molecular complexity index is 680. The van der Waals surface area contributed by atoms with E-state index in [1.54, 1.807) is 36.2 Å². The molecule has 1 heterocycles. The van der Waals surface area contributed by atoms with Crippen molar-refractivity contribution in [3.8, 4) is 0 Å². The van der Waals surface area contributed by atoms with Gasteiger partial charge in [-0.1, -0.05) is 23.5 Å². The van der Waals surface area contributed by atoms with Gasteiger partial charge in [-0.15, -0.1) is 11.8 Å². The smallest absolute Gasteiger partial charge is 0.181 e. The molecule has 2 aromatic rings. The number of nitrogen functional groups attached to an aromatic ring is 1. The van der Waals surface area contributed by atoms with Crippen molar-refractivity contribution in [1.82, 2.24) is 4.98 Å². The summed E-state index contributed by atoms with van der Waals surface area (Å²) in [6, 6.07) is 7.03. The number of hydrogen-bond donors (Lipinski definition) is 1. The van der Waals surface area contributed by atoms with Crippen LogP contribution in [0, 0.1) is 0 Å². The maximum Gasteiger partial charge on any atom is 0.181 e. The highest BCUT2D eigenvalue weighted by atomic mass is 32.2. The third-order valence-corrected chi connectivity index (χ3v) is 5.78. The summed E-state index contributed by atoms with van der Waals surface area (Å²) in [5.41, 5.74) is 6.56. The van der Waals surface area contributed by atoms with Gasteiger partial charge < -0.3 is 5.73 Å². The maximum atomic E-state index is 11.5. The average molecular weight is 314 g/mol. The van der Waals surface area contributed by atoms with E-state index in [1.807, 2.05) is 13.0 Å². The summed E-state index contributed by atoms with van der Waals surface area (Å²) in [6.07, 6.45) is 2.95. The van der Waals surface area contributed by atoms with E-state index in [4.69, 9.17) is 5.73 Å². The Kier molecular flexibility index (Phi) is 4.17. The van der Waals surface area contributed by atoms with Crippen LogP contribution in [0.5, 0.6) is 0 Å². The molecule has 102 valence electrons. The van der Waals surface area contributed by atoms with E-state index in [9.17, 15) is 8.42 Å². The van der Waals surface area contributed by atoms with Crippen molar-refractivity contribution < 1.29 is 8.42 Å². The largest absolute Gasteiger partial charge is 0.375 e. The zero-order valence-corrected chi connectivity index (χ0v) is 13.0. The number of anilines is 1. The summed E-state index contributed by atoms with van der Waals surface area (Å²) in [6.45, 7) is 2.03. The van der Waals surface area contributed by atoms with E-state index in [0.717, 1.165) is 9.77 Å². The van der Waals surface area contributed by atoms with Crippen LogP contribution in [0.4, 0.5) is 5.13 Å². The van der Waals surface area contributed by atoms with E-state index in [-0.39, 0.29) is 5.25 Å². The molecule has 2 N–H and O–H groups in total. The van der Waals surface area contributed by atoms with Crippen LogP contribution in [0.2, 0.25) is 0 Å². The second-order valence-electron chi connectivity index (χ2n) is 4.12. The topological polar surface area (TPSA) is 73.0 Å². The summed E-state index contributed by atoms with van der Waals surface area (Å²) in [7, 11) is -3.17. The lowest BCUT2D eigenvalue weighted by Crippen LogP contribution is -1.98. The molecule has 0 aliphatic heterocycles. The van der Waals surface area contributed by atoms with Crippen LogP contribution in [0.3, 0.4) is 0 Å². The SMILES string of the molecule is C[C@@H](Sc1cnc(N)s1)c1cccc(S(C)(=O)=O)c1. The lowest BCUT2D eigenvalue weighted by Gasteiger charge is -2.11. The number of benzene rings is 1. The Morgan fingerprint density at radius 2 is 2.16 bits per heavy atom. The molecule has 4 nitrogen and oxygen atoms in total. The molecule has 0 aliphatic carbocycles. The predicted octanol–water partition coefficient (Wildman–Crippen LogP) is 2.98. The van der Waals surface area contributed by atoms with Crippen LogP contribution in [0.25, 0.3) is 0 Å². The number of thiazole rings is 1. The fourth-order valence-corrected chi connectivity index (χ4v) is 4.29. The molecular weight excluding hydrogens is 300 g/mol. The minimum absolute atomic E-state index is 0.140. The first-order valence-corrected chi connectivity index (χ1v) is 9.13. The quantitative estimate of drug-likeness (QED) is 0.878. The fourth-order valence-electron chi connectivity index (χ4n) is 1.57. The van der Waals surface area contributed by atoms with Crippen molar-refractivity contribution in [3.05, 3.63) is 36.0 Å². The molecule has 0 saturated carbocycles. The minimum Gasteiger partial charge on any atom is -0.375 e. The lowest BCUT2D eigenvalue weighted by atomic mass is 10.2. The Labute approximate surface area is 121 Å². The Balaban J connectivity index is 2.22. The van der Waals surface area contributed by atoms with Gasteiger partial charge in [0, 0.05) is 11.5 Å². The Hall–Kier alpha value is -1.05. The van der Waals surface area contributed by atoms with Crippen molar-refractivity contribution in [2.24, 2.45) is 0 Å². The maximum absolute atomic E-state index is 11.5. The zero-order valence-electron chi connectivity index (χ0n) is 10.5. The molecule has 0 unspecified atom stereocenters. The molecule has 0 amide bonds. The van der Waals surface area contributed by atoms with E-state index < -0.39 is 9.84 Å². The molecule has 7 heteroatoms. The van der Waals surface area contributed by atoms with Crippen molar-refractivity contribution in [1.29, 1.82) is 0 Å². The fraction of sp³-hybridized carbons (Fsp3) is 0.250. The highest BCUT2D eigenvalue weighted by Crippen LogP contribution is 2.38. The number of thioether (sulfide) groups is 1. The summed E-state index contributed by atoms with van der Waals surface area (Å²) in [5.74, 6) is 0. The van der Waals surface area contributed by atoms with Gasteiger partial charge in [-0.05, 0) is 24.6 Å². The molecule has 1 aromatic carbocycles. The molecule has 0 spiro atoms. The lowest BCUT2D eigenvalue weighted by molar-refractivity contribution is 0.601. The van der Waals surface area contributed by atoms with Crippen LogP contribution in [-0.4, -0.2) is 19.7 Å². The number of sulfone groups is 1. The third-order valence-electron chi connectivity index (χ3n) is 2.55. The zero-order chi connectivity index (χ0) is 14.0. The monoisotopic (exact) mass is 314 g/mol. The molecule has 2 rings (SSSR count). The third kappa shape index (κ3) is 3.71. The minimum atomic E-state index is -3.17.